The number of thiophene rings is 1. The van der Waals surface area contributed by atoms with Gasteiger partial charge >= 0.3 is 0 Å². The van der Waals surface area contributed by atoms with E-state index in [1.54, 1.807) is 35.6 Å². The van der Waals surface area contributed by atoms with Gasteiger partial charge in [-0.1, -0.05) is 18.2 Å². The Balaban J connectivity index is 1.73. The SMILES string of the molecule is CC(C)[NH+]1CCc2c(sc(NC(=S)NC(=O)c3ccccc3)c2C#N)C1. The van der Waals surface area contributed by atoms with E-state index in [9.17, 15) is 10.1 Å². The number of nitrogens with zero attached hydrogens (tertiary/aromatic N) is 1. The number of nitriles is 1. The van der Waals surface area contributed by atoms with E-state index in [2.05, 4.69) is 30.6 Å². The van der Waals surface area contributed by atoms with Crippen molar-refractivity contribution in [1.29, 1.82) is 5.26 Å². The van der Waals surface area contributed by atoms with E-state index in [-0.39, 0.29) is 11.0 Å². The first-order valence-electron chi connectivity index (χ1n) is 8.56. The van der Waals surface area contributed by atoms with Gasteiger partial charge in [-0.2, -0.15) is 5.26 Å². The third-order valence-electron chi connectivity index (χ3n) is 4.59. The van der Waals surface area contributed by atoms with Crippen LogP contribution < -0.4 is 15.5 Å². The van der Waals surface area contributed by atoms with Gasteiger partial charge in [0.1, 0.15) is 17.6 Å². The van der Waals surface area contributed by atoms with Gasteiger partial charge in [-0.3, -0.25) is 10.1 Å². The van der Waals surface area contributed by atoms with Crippen molar-refractivity contribution in [3.05, 3.63) is 51.9 Å². The summed E-state index contributed by atoms with van der Waals surface area (Å²) in [4.78, 5) is 15.0. The molecule has 2 heterocycles. The normalized spacial score (nSPS) is 15.8. The minimum absolute atomic E-state index is 0.210. The van der Waals surface area contributed by atoms with E-state index in [1.165, 1.54) is 9.78 Å². The highest BCUT2D eigenvalue weighted by atomic mass is 32.1. The van der Waals surface area contributed by atoms with E-state index in [1.807, 2.05) is 6.07 Å². The molecule has 1 atom stereocenters. The average Bonchev–Trinajstić information content (AvgIpc) is 2.98. The van der Waals surface area contributed by atoms with E-state index in [0.29, 0.717) is 17.2 Å². The Labute approximate surface area is 162 Å². The molecule has 0 bridgehead atoms. The highest BCUT2D eigenvalue weighted by molar-refractivity contribution is 7.80. The van der Waals surface area contributed by atoms with Crippen LogP contribution >= 0.6 is 23.6 Å². The summed E-state index contributed by atoms with van der Waals surface area (Å²) in [5, 5.41) is 16.3. The van der Waals surface area contributed by atoms with Crippen molar-refractivity contribution >= 4 is 39.6 Å². The fourth-order valence-corrected chi connectivity index (χ4v) is 4.61. The Morgan fingerprint density at radius 1 is 1.35 bits per heavy atom. The average molecular weight is 386 g/mol. The minimum atomic E-state index is -0.265. The molecule has 1 aliphatic rings. The molecule has 0 fully saturated rings. The molecule has 3 rings (SSSR count). The molecular formula is C19H21N4OS2+. The lowest BCUT2D eigenvalue weighted by molar-refractivity contribution is -0.936. The number of nitrogens with one attached hydrogen (secondary N) is 3. The quantitative estimate of drug-likeness (QED) is 0.708. The fourth-order valence-electron chi connectivity index (χ4n) is 3.10. The fraction of sp³-hybridized carbons (Fsp3) is 0.316. The van der Waals surface area contributed by atoms with Crippen molar-refractivity contribution in [1.82, 2.24) is 5.32 Å². The van der Waals surface area contributed by atoms with Crippen LogP contribution in [-0.2, 0) is 13.0 Å². The molecule has 0 radical (unpaired) electrons. The summed E-state index contributed by atoms with van der Waals surface area (Å²) >= 11 is 6.84. The topological polar surface area (TPSA) is 69.4 Å². The van der Waals surface area contributed by atoms with Gasteiger partial charge in [0.2, 0.25) is 0 Å². The number of quaternary nitrogens is 1. The van der Waals surface area contributed by atoms with E-state index < -0.39 is 0 Å². The van der Waals surface area contributed by atoms with Crippen LogP contribution in [0.1, 0.15) is 40.2 Å². The van der Waals surface area contributed by atoms with Crippen LogP contribution in [0.5, 0.6) is 0 Å². The zero-order chi connectivity index (χ0) is 18.7. The molecule has 1 amide bonds. The lowest BCUT2D eigenvalue weighted by Crippen LogP contribution is -3.14. The molecule has 1 unspecified atom stereocenters. The summed E-state index contributed by atoms with van der Waals surface area (Å²) in [5.41, 5.74) is 2.32. The Morgan fingerprint density at radius 3 is 2.73 bits per heavy atom. The first-order chi connectivity index (χ1) is 12.5. The molecule has 1 aromatic heterocycles. The number of thiocarbonyl (C=S) groups is 1. The van der Waals surface area contributed by atoms with Crippen molar-refractivity contribution in [2.45, 2.75) is 32.9 Å². The van der Waals surface area contributed by atoms with Crippen LogP contribution in [0.4, 0.5) is 5.00 Å². The molecule has 7 heteroatoms. The standard InChI is InChI=1S/C19H20N4OS2/c1-12(2)23-9-8-14-15(10-20)18(26-16(14)11-23)22-19(25)21-17(24)13-6-4-3-5-7-13/h3-7,12H,8-9,11H2,1-2H3,(H2,21,22,24,25)/p+1. The van der Waals surface area contributed by atoms with Gasteiger partial charge in [-0.15, -0.1) is 11.3 Å². The molecule has 134 valence electrons. The van der Waals surface area contributed by atoms with Gasteiger partial charge in [-0.05, 0) is 43.8 Å². The molecule has 0 saturated carbocycles. The monoisotopic (exact) mass is 385 g/mol. The molecule has 0 saturated heterocycles. The van der Waals surface area contributed by atoms with Gasteiger partial charge in [-0.25, -0.2) is 0 Å². The predicted molar refractivity (Wildman–Crippen MR) is 108 cm³/mol. The zero-order valence-electron chi connectivity index (χ0n) is 14.8. The Hall–Kier alpha value is -2.27. The zero-order valence-corrected chi connectivity index (χ0v) is 16.4. The molecule has 0 spiro atoms. The number of carbonyl (C=O) groups is 1. The lowest BCUT2D eigenvalue weighted by Gasteiger charge is -2.27. The molecule has 1 aromatic carbocycles. The largest absolute Gasteiger partial charge is 0.328 e. The number of hydrogen-bond donors (Lipinski definition) is 3. The third-order valence-corrected chi connectivity index (χ3v) is 5.94. The molecule has 0 aliphatic carbocycles. The number of anilines is 1. The second-order valence-corrected chi connectivity index (χ2v) is 8.10. The van der Waals surface area contributed by atoms with Crippen LogP contribution in [0.3, 0.4) is 0 Å². The molecular weight excluding hydrogens is 364 g/mol. The Bertz CT molecular complexity index is 868. The minimum Gasteiger partial charge on any atom is -0.328 e. The highest BCUT2D eigenvalue weighted by Crippen LogP contribution is 2.34. The Kier molecular flexibility index (Phi) is 5.67. The maximum atomic E-state index is 12.2. The summed E-state index contributed by atoms with van der Waals surface area (Å²) in [5.74, 6) is -0.265. The van der Waals surface area contributed by atoms with Crippen LogP contribution in [0.25, 0.3) is 0 Å². The van der Waals surface area contributed by atoms with Gasteiger partial charge in [0.15, 0.2) is 5.11 Å². The van der Waals surface area contributed by atoms with E-state index in [4.69, 9.17) is 12.2 Å². The second-order valence-electron chi connectivity index (χ2n) is 6.58. The molecule has 5 nitrogen and oxygen atoms in total. The number of carbonyl (C=O) groups excluding carboxylic acids is 1. The number of fused-ring (bicyclic) bond motifs is 1. The maximum absolute atomic E-state index is 12.2. The van der Waals surface area contributed by atoms with Crippen molar-refractivity contribution in [3.63, 3.8) is 0 Å². The van der Waals surface area contributed by atoms with Crippen molar-refractivity contribution in [2.24, 2.45) is 0 Å². The summed E-state index contributed by atoms with van der Waals surface area (Å²) < 4.78 is 0. The highest BCUT2D eigenvalue weighted by Gasteiger charge is 2.28. The summed E-state index contributed by atoms with van der Waals surface area (Å²) in [6, 6.07) is 11.8. The van der Waals surface area contributed by atoms with Gasteiger partial charge < -0.3 is 10.2 Å². The molecule has 3 N–H and O–H groups in total. The first kappa shape index (κ1) is 18.5. The van der Waals surface area contributed by atoms with E-state index in [0.717, 1.165) is 30.1 Å². The van der Waals surface area contributed by atoms with Crippen molar-refractivity contribution in [2.75, 3.05) is 11.9 Å². The number of hydrogen-bond acceptors (Lipinski definition) is 4. The van der Waals surface area contributed by atoms with E-state index >= 15 is 0 Å². The lowest BCUT2D eigenvalue weighted by atomic mass is 10.0. The summed E-state index contributed by atoms with van der Waals surface area (Å²) in [6.45, 7) is 6.39. The summed E-state index contributed by atoms with van der Waals surface area (Å²) in [7, 11) is 0. The maximum Gasteiger partial charge on any atom is 0.257 e. The number of benzene rings is 1. The summed E-state index contributed by atoms with van der Waals surface area (Å²) in [6.07, 6.45) is 0.896. The van der Waals surface area contributed by atoms with Gasteiger partial charge in [0.05, 0.1) is 23.0 Å². The Morgan fingerprint density at radius 2 is 2.08 bits per heavy atom. The molecule has 1 aliphatic heterocycles. The van der Waals surface area contributed by atoms with Crippen LogP contribution in [-0.4, -0.2) is 23.6 Å². The van der Waals surface area contributed by atoms with Crippen LogP contribution in [0.15, 0.2) is 30.3 Å². The van der Waals surface area contributed by atoms with Crippen LogP contribution in [0.2, 0.25) is 0 Å². The molecule has 2 aromatic rings. The number of amides is 1. The molecule has 26 heavy (non-hydrogen) atoms. The number of rotatable bonds is 3. The predicted octanol–water partition coefficient (Wildman–Crippen LogP) is 2.10. The van der Waals surface area contributed by atoms with Crippen molar-refractivity contribution < 1.29 is 9.69 Å². The van der Waals surface area contributed by atoms with Crippen molar-refractivity contribution in [3.8, 4) is 6.07 Å². The van der Waals surface area contributed by atoms with Gasteiger partial charge in [0.25, 0.3) is 5.91 Å². The van der Waals surface area contributed by atoms with Gasteiger partial charge in [0, 0.05) is 12.0 Å². The second kappa shape index (κ2) is 7.96. The first-order valence-corrected chi connectivity index (χ1v) is 9.78. The van der Waals surface area contributed by atoms with Crippen LogP contribution in [0, 0.1) is 11.3 Å². The smallest absolute Gasteiger partial charge is 0.257 e. The third kappa shape index (κ3) is 3.93.